The molecule has 0 radical (unpaired) electrons. The molecule has 0 atom stereocenters. The molecule has 0 unspecified atom stereocenters. The van der Waals surface area contributed by atoms with Crippen LogP contribution in [0.4, 0.5) is 0 Å². The molecule has 0 saturated carbocycles. The van der Waals surface area contributed by atoms with Crippen molar-refractivity contribution in [3.8, 4) is 0 Å². The van der Waals surface area contributed by atoms with Gasteiger partial charge in [0.05, 0.1) is 0 Å². The number of allylic oxidation sites excluding steroid dienone is 5. The van der Waals surface area contributed by atoms with E-state index in [9.17, 15) is 0 Å². The van der Waals surface area contributed by atoms with Crippen LogP contribution in [0, 0.1) is 0 Å². The van der Waals surface area contributed by atoms with Gasteiger partial charge in [-0.25, -0.2) is 0 Å². The van der Waals surface area contributed by atoms with E-state index < -0.39 is 0 Å². The number of para-hydroxylation sites is 1. The third kappa shape index (κ3) is 2.09. The van der Waals surface area contributed by atoms with Crippen molar-refractivity contribution in [1.29, 1.82) is 0 Å². The van der Waals surface area contributed by atoms with Crippen molar-refractivity contribution in [1.82, 2.24) is 4.57 Å². The van der Waals surface area contributed by atoms with Crippen LogP contribution >= 0.6 is 0 Å². The molecule has 2 rings (SSSR count). The number of nitrogens with zero attached hydrogens (tertiary/aromatic N) is 1. The zero-order valence-electron chi connectivity index (χ0n) is 10.4. The highest BCUT2D eigenvalue weighted by Gasteiger charge is 2.06. The van der Waals surface area contributed by atoms with E-state index in [0.29, 0.717) is 0 Å². The average Bonchev–Trinajstić information content (AvgIpc) is 2.67. The molecule has 0 aliphatic heterocycles. The Balaban J connectivity index is 2.65. The molecule has 0 saturated heterocycles. The zero-order valence-corrected chi connectivity index (χ0v) is 10.4. The number of benzene rings is 1. The minimum Gasteiger partial charge on any atom is -0.344 e. The third-order valence-electron chi connectivity index (χ3n) is 2.89. The summed E-state index contributed by atoms with van der Waals surface area (Å²) in [4.78, 5) is 0. The smallest absolute Gasteiger partial charge is 0.0488 e. The number of rotatable bonds is 3. The summed E-state index contributed by atoms with van der Waals surface area (Å²) in [6.07, 6.45) is 8.02. The van der Waals surface area contributed by atoms with Gasteiger partial charge < -0.3 is 4.57 Å². The lowest BCUT2D eigenvalue weighted by Gasteiger charge is -2.04. The van der Waals surface area contributed by atoms with E-state index in [-0.39, 0.29) is 0 Å². The molecule has 0 aliphatic rings. The zero-order chi connectivity index (χ0) is 12.3. The predicted molar refractivity (Wildman–Crippen MR) is 75.9 cm³/mol. The van der Waals surface area contributed by atoms with Crippen molar-refractivity contribution in [2.24, 2.45) is 7.05 Å². The molecule has 0 spiro atoms. The van der Waals surface area contributed by atoms with Crippen LogP contribution in [0.15, 0.2) is 61.2 Å². The fourth-order valence-electron chi connectivity index (χ4n) is 2.10. The van der Waals surface area contributed by atoms with Gasteiger partial charge in [0, 0.05) is 23.6 Å². The van der Waals surface area contributed by atoms with Crippen molar-refractivity contribution in [2.75, 3.05) is 0 Å². The summed E-state index contributed by atoms with van der Waals surface area (Å²) in [6, 6.07) is 10.6. The maximum atomic E-state index is 3.77. The van der Waals surface area contributed by atoms with Gasteiger partial charge in [0.1, 0.15) is 0 Å². The average molecular weight is 223 g/mol. The van der Waals surface area contributed by atoms with Crippen LogP contribution in [0.1, 0.15) is 12.6 Å². The largest absolute Gasteiger partial charge is 0.344 e. The highest BCUT2D eigenvalue weighted by Crippen LogP contribution is 2.24. The van der Waals surface area contributed by atoms with E-state index in [2.05, 4.69) is 54.6 Å². The fraction of sp³-hybridized carbons (Fsp3) is 0.125. The second kappa shape index (κ2) is 4.88. The van der Waals surface area contributed by atoms with Gasteiger partial charge in [-0.05, 0) is 24.6 Å². The molecule has 1 heterocycles. The van der Waals surface area contributed by atoms with Crippen molar-refractivity contribution < 1.29 is 0 Å². The molecule has 17 heavy (non-hydrogen) atoms. The maximum Gasteiger partial charge on any atom is 0.0488 e. The first-order chi connectivity index (χ1) is 8.27. The van der Waals surface area contributed by atoms with Gasteiger partial charge in [0.25, 0.3) is 0 Å². The summed E-state index contributed by atoms with van der Waals surface area (Å²) in [6.45, 7) is 5.80. The predicted octanol–water partition coefficient (Wildman–Crippen LogP) is 4.32. The molecular weight excluding hydrogens is 206 g/mol. The lowest BCUT2D eigenvalue weighted by atomic mass is 10.1. The van der Waals surface area contributed by atoms with Gasteiger partial charge >= 0.3 is 0 Å². The summed E-state index contributed by atoms with van der Waals surface area (Å²) >= 11 is 0. The normalized spacial score (nSPS) is 12.5. The van der Waals surface area contributed by atoms with Gasteiger partial charge in [-0.1, -0.05) is 49.1 Å². The molecule has 1 nitrogen and oxygen atoms in total. The summed E-state index contributed by atoms with van der Waals surface area (Å²) in [5.41, 5.74) is 3.65. The fourth-order valence-corrected chi connectivity index (χ4v) is 2.10. The van der Waals surface area contributed by atoms with Crippen LogP contribution < -0.4 is 0 Å². The van der Waals surface area contributed by atoms with Crippen molar-refractivity contribution in [3.05, 3.63) is 66.9 Å². The van der Waals surface area contributed by atoms with Crippen LogP contribution in [-0.2, 0) is 7.05 Å². The number of hydrogen-bond acceptors (Lipinski definition) is 0. The Bertz CT molecular complexity index is 597. The Kier molecular flexibility index (Phi) is 3.29. The molecule has 0 aliphatic carbocycles. The number of aryl methyl sites for hydroxylation is 1. The SMILES string of the molecule is C=C/C=C(\C=C/C)c1cc2ccccc2n1C. The van der Waals surface area contributed by atoms with E-state index in [1.54, 1.807) is 0 Å². The van der Waals surface area contributed by atoms with Gasteiger partial charge in [0.15, 0.2) is 0 Å². The highest BCUT2D eigenvalue weighted by molar-refractivity contribution is 5.87. The van der Waals surface area contributed by atoms with E-state index in [4.69, 9.17) is 0 Å². The molecule has 86 valence electrons. The Morgan fingerprint density at radius 3 is 2.71 bits per heavy atom. The minimum atomic E-state index is 1.18. The maximum absolute atomic E-state index is 3.77. The number of aromatic nitrogens is 1. The van der Waals surface area contributed by atoms with Crippen LogP contribution in [-0.4, -0.2) is 4.57 Å². The minimum absolute atomic E-state index is 1.18. The molecule has 0 N–H and O–H groups in total. The van der Waals surface area contributed by atoms with Crippen LogP contribution in [0.2, 0.25) is 0 Å². The molecule has 1 aromatic carbocycles. The van der Waals surface area contributed by atoms with E-state index in [1.807, 2.05) is 25.2 Å². The topological polar surface area (TPSA) is 4.93 Å². The first-order valence-electron chi connectivity index (χ1n) is 5.78. The second-order valence-corrected chi connectivity index (χ2v) is 4.01. The van der Waals surface area contributed by atoms with E-state index in [1.165, 1.54) is 22.2 Å². The van der Waals surface area contributed by atoms with Crippen LogP contribution in [0.3, 0.4) is 0 Å². The molecule has 0 fully saturated rings. The van der Waals surface area contributed by atoms with Gasteiger partial charge in [0.2, 0.25) is 0 Å². The first kappa shape index (κ1) is 11.5. The molecule has 0 bridgehead atoms. The second-order valence-electron chi connectivity index (χ2n) is 4.01. The molecule has 1 aromatic heterocycles. The van der Waals surface area contributed by atoms with Crippen LogP contribution in [0.5, 0.6) is 0 Å². The molecule has 2 aromatic rings. The molecule has 0 amide bonds. The summed E-state index contributed by atoms with van der Waals surface area (Å²) in [5, 5.41) is 1.27. The van der Waals surface area contributed by atoms with E-state index in [0.717, 1.165) is 0 Å². The Labute approximate surface area is 102 Å². The van der Waals surface area contributed by atoms with Gasteiger partial charge in [-0.2, -0.15) is 0 Å². The summed E-state index contributed by atoms with van der Waals surface area (Å²) in [5.74, 6) is 0. The highest BCUT2D eigenvalue weighted by atomic mass is 14.9. The monoisotopic (exact) mass is 223 g/mol. The lowest BCUT2D eigenvalue weighted by Crippen LogP contribution is -1.93. The number of fused-ring (bicyclic) bond motifs is 1. The number of hydrogen-bond donors (Lipinski definition) is 0. The molecular formula is C16H17N. The Morgan fingerprint density at radius 2 is 2.06 bits per heavy atom. The Hall–Kier alpha value is -2.02. The quantitative estimate of drug-likeness (QED) is 0.683. The first-order valence-corrected chi connectivity index (χ1v) is 5.78. The molecule has 1 heteroatoms. The summed E-state index contributed by atoms with van der Waals surface area (Å²) < 4.78 is 2.21. The van der Waals surface area contributed by atoms with E-state index >= 15 is 0 Å². The van der Waals surface area contributed by atoms with Crippen molar-refractivity contribution in [2.45, 2.75) is 6.92 Å². The van der Waals surface area contributed by atoms with Crippen molar-refractivity contribution in [3.63, 3.8) is 0 Å². The lowest BCUT2D eigenvalue weighted by molar-refractivity contribution is 0.950. The summed E-state index contributed by atoms with van der Waals surface area (Å²) in [7, 11) is 2.10. The van der Waals surface area contributed by atoms with Gasteiger partial charge in [-0.3, -0.25) is 0 Å². The standard InChI is InChI=1S/C16H17N/c1-4-8-13(9-5-2)16-12-14-10-6-7-11-15(14)17(16)3/h4-12H,1H2,2-3H3/b9-5-,13-8+. The Morgan fingerprint density at radius 1 is 1.29 bits per heavy atom. The van der Waals surface area contributed by atoms with Gasteiger partial charge in [-0.15, -0.1) is 0 Å². The third-order valence-corrected chi connectivity index (χ3v) is 2.89. The van der Waals surface area contributed by atoms with Crippen molar-refractivity contribution >= 4 is 16.5 Å². The van der Waals surface area contributed by atoms with Crippen LogP contribution in [0.25, 0.3) is 16.5 Å².